The fourth-order valence-corrected chi connectivity index (χ4v) is 1.99. The van der Waals surface area contributed by atoms with Crippen LogP contribution in [0.1, 0.15) is 10.4 Å². The summed E-state index contributed by atoms with van der Waals surface area (Å²) in [6.45, 7) is 0. The third kappa shape index (κ3) is 3.05. The maximum atomic E-state index is 10.9. The van der Waals surface area contributed by atoms with Crippen LogP contribution in [0.5, 0.6) is 11.5 Å². The van der Waals surface area contributed by atoms with Crippen molar-refractivity contribution in [2.45, 2.75) is 0 Å². The summed E-state index contributed by atoms with van der Waals surface area (Å²) >= 11 is 15.0. The molecule has 5 heteroatoms. The lowest BCUT2D eigenvalue weighted by atomic mass is 10.2. The van der Waals surface area contributed by atoms with Gasteiger partial charge in [-0.25, -0.2) is 0 Å². The first kappa shape index (κ1) is 13.4. The Morgan fingerprint density at radius 1 is 1.06 bits per heavy atom. The molecule has 2 nitrogen and oxygen atoms in total. The molecule has 0 fully saturated rings. The van der Waals surface area contributed by atoms with E-state index < -0.39 is 0 Å². The second kappa shape index (κ2) is 5.74. The highest BCUT2D eigenvalue weighted by Crippen LogP contribution is 2.31. The number of hydrogen-bond donors (Lipinski definition) is 0. The highest BCUT2D eigenvalue weighted by Gasteiger charge is 2.07. The van der Waals surface area contributed by atoms with E-state index in [9.17, 15) is 4.79 Å². The van der Waals surface area contributed by atoms with E-state index in [4.69, 9.17) is 27.9 Å². The van der Waals surface area contributed by atoms with Crippen LogP contribution in [0.3, 0.4) is 0 Å². The number of halogens is 3. The molecule has 2 rings (SSSR count). The maximum Gasteiger partial charge on any atom is 0.153 e. The van der Waals surface area contributed by atoms with Gasteiger partial charge in [-0.1, -0.05) is 39.1 Å². The molecule has 0 atom stereocenters. The summed E-state index contributed by atoms with van der Waals surface area (Å²) in [7, 11) is 0. The highest BCUT2D eigenvalue weighted by atomic mass is 79.9. The number of rotatable bonds is 3. The van der Waals surface area contributed by atoms with E-state index in [-0.39, 0.29) is 0 Å². The summed E-state index contributed by atoms with van der Waals surface area (Å²) in [5.74, 6) is 0.975. The van der Waals surface area contributed by atoms with Crippen molar-refractivity contribution in [3.8, 4) is 11.5 Å². The molecule has 2 aromatic rings. The predicted octanol–water partition coefficient (Wildman–Crippen LogP) is 5.36. The van der Waals surface area contributed by atoms with Crippen LogP contribution in [0.4, 0.5) is 0 Å². The molecule has 0 radical (unpaired) electrons. The van der Waals surface area contributed by atoms with Crippen molar-refractivity contribution in [3.63, 3.8) is 0 Å². The molecule has 2 aromatic carbocycles. The fourth-order valence-electron chi connectivity index (χ4n) is 1.36. The molecular weight excluding hydrogens is 339 g/mol. The summed E-state index contributed by atoms with van der Waals surface area (Å²) in [6.07, 6.45) is 0.735. The van der Waals surface area contributed by atoms with Gasteiger partial charge < -0.3 is 4.74 Å². The molecule has 0 aliphatic rings. The molecule has 0 bridgehead atoms. The van der Waals surface area contributed by atoms with Gasteiger partial charge >= 0.3 is 0 Å². The second-order valence-corrected chi connectivity index (χ2v) is 5.21. The fraction of sp³-hybridized carbons (Fsp3) is 0. The summed E-state index contributed by atoms with van der Waals surface area (Å²) < 4.78 is 6.44. The molecule has 0 heterocycles. The van der Waals surface area contributed by atoms with E-state index in [1.165, 1.54) is 0 Å². The molecule has 0 unspecified atom stereocenters. The van der Waals surface area contributed by atoms with Crippen LogP contribution in [-0.4, -0.2) is 6.29 Å². The first-order chi connectivity index (χ1) is 8.60. The van der Waals surface area contributed by atoms with Gasteiger partial charge in [0, 0.05) is 10.5 Å². The molecule has 0 spiro atoms. The molecule has 92 valence electrons. The minimum Gasteiger partial charge on any atom is -0.457 e. The standard InChI is InChI=1S/C13H7BrCl2O2/c14-9-2-1-8(7-17)13(5-9)18-10-3-4-11(15)12(16)6-10/h1-7H. The Labute approximate surface area is 123 Å². The van der Waals surface area contributed by atoms with Crippen molar-refractivity contribution >= 4 is 45.4 Å². The number of aldehydes is 1. The molecule has 0 aliphatic heterocycles. The quantitative estimate of drug-likeness (QED) is 0.700. The Bertz CT molecular complexity index is 600. The summed E-state index contributed by atoms with van der Waals surface area (Å²) in [5, 5.41) is 0.852. The zero-order valence-corrected chi connectivity index (χ0v) is 12.1. The van der Waals surface area contributed by atoms with Crippen molar-refractivity contribution < 1.29 is 9.53 Å². The molecule has 18 heavy (non-hydrogen) atoms. The molecule has 0 amide bonds. The van der Waals surface area contributed by atoms with Crippen molar-refractivity contribution in [1.82, 2.24) is 0 Å². The van der Waals surface area contributed by atoms with E-state index in [0.29, 0.717) is 27.1 Å². The molecule has 0 saturated carbocycles. The normalized spacial score (nSPS) is 10.2. The Balaban J connectivity index is 2.35. The van der Waals surface area contributed by atoms with Gasteiger partial charge in [0.05, 0.1) is 15.6 Å². The van der Waals surface area contributed by atoms with Gasteiger partial charge in [-0.15, -0.1) is 0 Å². The second-order valence-electron chi connectivity index (χ2n) is 3.48. The third-order valence-corrected chi connectivity index (χ3v) is 3.45. The first-order valence-electron chi connectivity index (χ1n) is 4.98. The predicted molar refractivity (Wildman–Crippen MR) is 76.1 cm³/mol. The van der Waals surface area contributed by atoms with Crippen LogP contribution >= 0.6 is 39.1 Å². The monoisotopic (exact) mass is 344 g/mol. The number of hydrogen-bond acceptors (Lipinski definition) is 2. The summed E-state index contributed by atoms with van der Waals surface area (Å²) in [6, 6.07) is 10.1. The average molecular weight is 346 g/mol. The number of carbonyl (C=O) groups excluding carboxylic acids is 1. The molecule has 0 N–H and O–H groups in total. The van der Waals surface area contributed by atoms with E-state index in [1.807, 2.05) is 0 Å². The van der Waals surface area contributed by atoms with E-state index in [1.54, 1.807) is 36.4 Å². The van der Waals surface area contributed by atoms with Crippen LogP contribution in [0.25, 0.3) is 0 Å². The third-order valence-electron chi connectivity index (χ3n) is 2.22. The lowest BCUT2D eigenvalue weighted by Gasteiger charge is -2.09. The topological polar surface area (TPSA) is 26.3 Å². The van der Waals surface area contributed by atoms with Gasteiger partial charge in [0.1, 0.15) is 11.5 Å². The van der Waals surface area contributed by atoms with Gasteiger partial charge in [-0.2, -0.15) is 0 Å². The van der Waals surface area contributed by atoms with Gasteiger partial charge in [0.2, 0.25) is 0 Å². The summed E-state index contributed by atoms with van der Waals surface area (Å²) in [4.78, 5) is 10.9. The van der Waals surface area contributed by atoms with E-state index in [0.717, 1.165) is 10.8 Å². The van der Waals surface area contributed by atoms with E-state index in [2.05, 4.69) is 15.9 Å². The molecule has 0 aromatic heterocycles. The molecule has 0 aliphatic carbocycles. The zero-order chi connectivity index (χ0) is 13.1. The minimum atomic E-state index is 0.400. The average Bonchev–Trinajstić information content (AvgIpc) is 2.34. The Morgan fingerprint density at radius 3 is 2.50 bits per heavy atom. The maximum absolute atomic E-state index is 10.9. The van der Waals surface area contributed by atoms with Crippen molar-refractivity contribution in [2.75, 3.05) is 0 Å². The van der Waals surface area contributed by atoms with Gasteiger partial charge in [0.15, 0.2) is 6.29 Å². The van der Waals surface area contributed by atoms with Crippen molar-refractivity contribution in [1.29, 1.82) is 0 Å². The minimum absolute atomic E-state index is 0.400. The largest absolute Gasteiger partial charge is 0.457 e. The van der Waals surface area contributed by atoms with Crippen LogP contribution in [-0.2, 0) is 0 Å². The van der Waals surface area contributed by atoms with Crippen molar-refractivity contribution in [3.05, 3.63) is 56.5 Å². The number of carbonyl (C=O) groups is 1. The van der Waals surface area contributed by atoms with Gasteiger partial charge in [0.25, 0.3) is 0 Å². The van der Waals surface area contributed by atoms with Crippen LogP contribution in [0, 0.1) is 0 Å². The molecule has 0 saturated heterocycles. The zero-order valence-electron chi connectivity index (χ0n) is 8.99. The highest BCUT2D eigenvalue weighted by molar-refractivity contribution is 9.10. The first-order valence-corrected chi connectivity index (χ1v) is 6.52. The van der Waals surface area contributed by atoms with Crippen LogP contribution in [0.15, 0.2) is 40.9 Å². The van der Waals surface area contributed by atoms with Crippen molar-refractivity contribution in [2.24, 2.45) is 0 Å². The van der Waals surface area contributed by atoms with E-state index >= 15 is 0 Å². The lowest BCUT2D eigenvalue weighted by Crippen LogP contribution is -1.90. The van der Waals surface area contributed by atoms with Gasteiger partial charge in [-0.3, -0.25) is 4.79 Å². The lowest BCUT2D eigenvalue weighted by molar-refractivity contribution is 0.112. The number of ether oxygens (including phenoxy) is 1. The smallest absolute Gasteiger partial charge is 0.153 e. The Hall–Kier alpha value is -1.03. The molecular formula is C13H7BrCl2O2. The number of benzene rings is 2. The van der Waals surface area contributed by atoms with Gasteiger partial charge in [-0.05, 0) is 30.3 Å². The van der Waals surface area contributed by atoms with Crippen LogP contribution in [0.2, 0.25) is 10.0 Å². The Morgan fingerprint density at radius 2 is 1.83 bits per heavy atom. The summed E-state index contributed by atoms with van der Waals surface area (Å²) in [5.41, 5.74) is 0.462. The SMILES string of the molecule is O=Cc1ccc(Br)cc1Oc1ccc(Cl)c(Cl)c1. The Kier molecular flexibility index (Phi) is 4.27. The van der Waals surface area contributed by atoms with Crippen LogP contribution < -0.4 is 4.74 Å².